The van der Waals surface area contributed by atoms with Gasteiger partial charge in [0.05, 0.1) is 22.1 Å². The van der Waals surface area contributed by atoms with E-state index in [2.05, 4.69) is 57.7 Å². The third-order valence-corrected chi connectivity index (χ3v) is 6.96. The Balaban J connectivity index is 1.65. The van der Waals surface area contributed by atoms with Crippen LogP contribution in [0.2, 0.25) is 0 Å². The first-order valence-corrected chi connectivity index (χ1v) is 11.5. The molecule has 7 rings (SSSR count). The van der Waals surface area contributed by atoms with Crippen molar-refractivity contribution in [1.82, 2.24) is 24.1 Å². The summed E-state index contributed by atoms with van der Waals surface area (Å²) in [6, 6.07) is 21.7. The summed E-state index contributed by atoms with van der Waals surface area (Å²) in [4.78, 5) is 14.7. The Bertz CT molecular complexity index is 1600. The number of benzene rings is 1. The molecule has 6 aromatic rings. The van der Waals surface area contributed by atoms with E-state index < -0.39 is 0 Å². The third kappa shape index (κ3) is 2.48. The van der Waals surface area contributed by atoms with Crippen LogP contribution in [0.1, 0.15) is 38.1 Å². The van der Waals surface area contributed by atoms with Crippen LogP contribution in [0, 0.1) is 0 Å². The van der Waals surface area contributed by atoms with E-state index in [9.17, 15) is 0 Å². The Morgan fingerprint density at radius 3 is 2.09 bits per heavy atom. The van der Waals surface area contributed by atoms with Crippen LogP contribution in [0.25, 0.3) is 49.8 Å². The molecular weight excluding hydrogens is 394 g/mol. The topological polar surface area (TPSA) is 48.5 Å². The van der Waals surface area contributed by atoms with Crippen molar-refractivity contribution in [3.8, 4) is 5.69 Å². The van der Waals surface area contributed by atoms with Crippen molar-refractivity contribution in [3.63, 3.8) is 0 Å². The lowest BCUT2D eigenvalue weighted by Crippen LogP contribution is -2.12. The summed E-state index contributed by atoms with van der Waals surface area (Å²) in [5.74, 6) is 0. The van der Waals surface area contributed by atoms with Gasteiger partial charge >= 0.3 is 0 Å². The number of hydrogen-bond donors (Lipinski definition) is 0. The predicted molar refractivity (Wildman–Crippen MR) is 129 cm³/mol. The van der Waals surface area contributed by atoms with Crippen molar-refractivity contribution in [2.45, 2.75) is 38.1 Å². The molecule has 0 bridgehead atoms. The summed E-state index contributed by atoms with van der Waals surface area (Å²) in [7, 11) is 0. The molecule has 32 heavy (non-hydrogen) atoms. The minimum Gasteiger partial charge on any atom is -0.335 e. The van der Waals surface area contributed by atoms with E-state index in [1.807, 2.05) is 24.5 Å². The van der Waals surface area contributed by atoms with Crippen molar-refractivity contribution in [2.75, 3.05) is 0 Å². The zero-order chi connectivity index (χ0) is 21.1. The number of pyridine rings is 3. The first-order valence-electron chi connectivity index (χ1n) is 11.5. The number of nitrogens with zero attached hydrogens (tertiary/aromatic N) is 5. The Morgan fingerprint density at radius 1 is 0.625 bits per heavy atom. The van der Waals surface area contributed by atoms with Crippen LogP contribution in [0.3, 0.4) is 0 Å². The zero-order valence-electron chi connectivity index (χ0n) is 17.8. The van der Waals surface area contributed by atoms with E-state index in [0.29, 0.717) is 6.04 Å². The van der Waals surface area contributed by atoms with Crippen LogP contribution in [0.4, 0.5) is 0 Å². The summed E-state index contributed by atoms with van der Waals surface area (Å²) in [5, 5.41) is 0. The van der Waals surface area contributed by atoms with E-state index in [1.54, 1.807) is 0 Å². The zero-order valence-corrected chi connectivity index (χ0v) is 17.8. The van der Waals surface area contributed by atoms with Gasteiger partial charge < -0.3 is 9.13 Å². The van der Waals surface area contributed by atoms with E-state index in [1.165, 1.54) is 43.1 Å². The SMILES string of the molecule is c1ccc(-n2c3cccnc3c3nc4c5ncccc5n(C5CCCCC5)c4cc32)cc1. The van der Waals surface area contributed by atoms with E-state index in [-0.39, 0.29) is 0 Å². The van der Waals surface area contributed by atoms with Crippen LogP contribution in [0.5, 0.6) is 0 Å². The van der Waals surface area contributed by atoms with Gasteiger partial charge in [0.15, 0.2) is 0 Å². The Labute approximate surface area is 185 Å². The van der Waals surface area contributed by atoms with Crippen LogP contribution < -0.4 is 0 Å². The highest BCUT2D eigenvalue weighted by Crippen LogP contribution is 2.39. The highest BCUT2D eigenvalue weighted by Gasteiger charge is 2.24. The van der Waals surface area contributed by atoms with E-state index in [0.717, 1.165) is 38.8 Å². The summed E-state index contributed by atoms with van der Waals surface area (Å²) < 4.78 is 4.81. The smallest absolute Gasteiger partial charge is 0.116 e. The molecule has 5 heteroatoms. The van der Waals surface area contributed by atoms with Gasteiger partial charge in [0.1, 0.15) is 22.1 Å². The standard InChI is InChI=1S/C27H23N5/c1-3-9-18(10-4-1)31-20-13-7-15-28-24(20)26-22(31)17-23-27(30-26)25-21(14-8-16-29-25)32(23)19-11-5-2-6-12-19/h1,3-4,7-10,13-17,19H,2,5-6,11-12H2. The van der Waals surface area contributed by atoms with Gasteiger partial charge in [-0.05, 0) is 55.3 Å². The van der Waals surface area contributed by atoms with Gasteiger partial charge in [0.25, 0.3) is 0 Å². The second-order valence-corrected chi connectivity index (χ2v) is 8.80. The quantitative estimate of drug-likeness (QED) is 0.320. The van der Waals surface area contributed by atoms with Crippen molar-refractivity contribution in [3.05, 3.63) is 73.1 Å². The van der Waals surface area contributed by atoms with E-state index in [4.69, 9.17) is 15.0 Å². The lowest BCUT2D eigenvalue weighted by atomic mass is 9.95. The van der Waals surface area contributed by atoms with Gasteiger partial charge in [0.2, 0.25) is 0 Å². The fourth-order valence-corrected chi connectivity index (χ4v) is 5.58. The van der Waals surface area contributed by atoms with Crippen LogP contribution in [0.15, 0.2) is 73.1 Å². The maximum absolute atomic E-state index is 5.23. The summed E-state index contributed by atoms with van der Waals surface area (Å²) in [5.41, 5.74) is 9.51. The molecule has 5 aromatic heterocycles. The Morgan fingerprint density at radius 2 is 1.31 bits per heavy atom. The van der Waals surface area contributed by atoms with E-state index >= 15 is 0 Å². The number of rotatable bonds is 2. The molecule has 0 amide bonds. The fourth-order valence-electron chi connectivity index (χ4n) is 5.58. The molecule has 0 unspecified atom stereocenters. The van der Waals surface area contributed by atoms with Crippen molar-refractivity contribution in [1.29, 1.82) is 0 Å². The highest BCUT2D eigenvalue weighted by molar-refractivity contribution is 6.12. The molecule has 1 aliphatic carbocycles. The normalized spacial score (nSPS) is 15.4. The molecule has 1 fully saturated rings. The molecule has 1 aromatic carbocycles. The molecule has 5 nitrogen and oxygen atoms in total. The fraction of sp³-hybridized carbons (Fsp3) is 0.222. The van der Waals surface area contributed by atoms with Gasteiger partial charge in [0, 0.05) is 24.1 Å². The second kappa shape index (κ2) is 6.89. The molecular formula is C27H23N5. The maximum atomic E-state index is 5.23. The van der Waals surface area contributed by atoms with Crippen LogP contribution in [-0.2, 0) is 0 Å². The van der Waals surface area contributed by atoms with Crippen LogP contribution in [-0.4, -0.2) is 24.1 Å². The third-order valence-electron chi connectivity index (χ3n) is 6.96. The van der Waals surface area contributed by atoms with Gasteiger partial charge in [-0.1, -0.05) is 37.5 Å². The van der Waals surface area contributed by atoms with Gasteiger partial charge in [-0.15, -0.1) is 0 Å². The lowest BCUT2D eigenvalue weighted by Gasteiger charge is -2.25. The van der Waals surface area contributed by atoms with Gasteiger partial charge in [-0.3, -0.25) is 9.97 Å². The molecule has 1 saturated carbocycles. The number of hydrogen-bond acceptors (Lipinski definition) is 3. The molecule has 156 valence electrons. The molecule has 0 radical (unpaired) electrons. The highest BCUT2D eigenvalue weighted by atomic mass is 15.1. The predicted octanol–water partition coefficient (Wildman–Crippen LogP) is 6.58. The lowest BCUT2D eigenvalue weighted by molar-refractivity contribution is 0.367. The minimum absolute atomic E-state index is 0.500. The largest absolute Gasteiger partial charge is 0.335 e. The molecule has 0 saturated heterocycles. The minimum atomic E-state index is 0.500. The van der Waals surface area contributed by atoms with Gasteiger partial charge in [-0.25, -0.2) is 4.98 Å². The average Bonchev–Trinajstić information content (AvgIpc) is 3.36. The summed E-state index contributed by atoms with van der Waals surface area (Å²) in [6.07, 6.45) is 10.1. The molecule has 0 N–H and O–H groups in total. The van der Waals surface area contributed by atoms with Gasteiger partial charge in [-0.2, -0.15) is 0 Å². The number of aromatic nitrogens is 5. The molecule has 5 heterocycles. The molecule has 0 aliphatic heterocycles. The Kier molecular flexibility index (Phi) is 3.85. The molecule has 0 atom stereocenters. The van der Waals surface area contributed by atoms with Crippen molar-refractivity contribution in [2.24, 2.45) is 0 Å². The first-order chi connectivity index (χ1) is 15.9. The Hall–Kier alpha value is -3.73. The summed E-state index contributed by atoms with van der Waals surface area (Å²) >= 11 is 0. The van der Waals surface area contributed by atoms with Crippen molar-refractivity contribution >= 4 is 44.1 Å². The second-order valence-electron chi connectivity index (χ2n) is 8.80. The maximum Gasteiger partial charge on any atom is 0.116 e. The average molecular weight is 418 g/mol. The summed E-state index contributed by atoms with van der Waals surface area (Å²) in [6.45, 7) is 0. The number of fused-ring (bicyclic) bond motifs is 6. The number of para-hydroxylation sites is 1. The van der Waals surface area contributed by atoms with Crippen LogP contribution >= 0.6 is 0 Å². The molecule has 1 aliphatic rings. The monoisotopic (exact) mass is 417 g/mol. The molecule has 0 spiro atoms. The first kappa shape index (κ1) is 17.9. The van der Waals surface area contributed by atoms with Crippen molar-refractivity contribution < 1.29 is 0 Å².